The van der Waals surface area contributed by atoms with Crippen molar-refractivity contribution in [3.05, 3.63) is 96.6 Å². The van der Waals surface area contributed by atoms with Gasteiger partial charge in [-0.25, -0.2) is 9.36 Å². The van der Waals surface area contributed by atoms with Crippen LogP contribution in [0.1, 0.15) is 11.4 Å². The van der Waals surface area contributed by atoms with E-state index in [0.717, 1.165) is 11.4 Å². The average Bonchev–Trinajstić information content (AvgIpc) is 3.49. The Labute approximate surface area is 156 Å². The number of aromatic nitrogens is 4. The maximum absolute atomic E-state index is 6.04. The first-order chi connectivity index (χ1) is 13.4. The van der Waals surface area contributed by atoms with Crippen LogP contribution in [0.25, 0.3) is 11.4 Å². The van der Waals surface area contributed by atoms with Gasteiger partial charge in [-0.2, -0.15) is 10.2 Å². The highest BCUT2D eigenvalue weighted by Gasteiger charge is 2.45. The van der Waals surface area contributed by atoms with Crippen molar-refractivity contribution in [2.75, 3.05) is 13.2 Å². The van der Waals surface area contributed by atoms with Gasteiger partial charge in [0.25, 0.3) is 5.79 Å². The standard InChI is InChI=1S/C21H18N4O2/c1-3-7-17(8-4-1)24-13-11-19(22-24)21(26-15-16-27-21)20-12-14-25(23-20)18-9-5-2-6-10-18/h1-14H,15-16H2. The molecule has 1 aliphatic rings. The lowest BCUT2D eigenvalue weighted by Crippen LogP contribution is -2.30. The van der Waals surface area contributed by atoms with Crippen molar-refractivity contribution in [2.24, 2.45) is 0 Å². The summed E-state index contributed by atoms with van der Waals surface area (Å²) in [7, 11) is 0. The average molecular weight is 358 g/mol. The van der Waals surface area contributed by atoms with Gasteiger partial charge in [0, 0.05) is 12.4 Å². The molecule has 2 aromatic carbocycles. The summed E-state index contributed by atoms with van der Waals surface area (Å²) in [5.74, 6) is -1.08. The second kappa shape index (κ2) is 6.50. The number of hydrogen-bond donors (Lipinski definition) is 0. The van der Waals surface area contributed by atoms with E-state index in [1.165, 1.54) is 0 Å². The first-order valence-corrected chi connectivity index (χ1v) is 8.86. The van der Waals surface area contributed by atoms with E-state index in [9.17, 15) is 0 Å². The fourth-order valence-electron chi connectivity index (χ4n) is 3.29. The minimum Gasteiger partial charge on any atom is -0.337 e. The van der Waals surface area contributed by atoms with E-state index < -0.39 is 5.79 Å². The maximum atomic E-state index is 6.04. The number of rotatable bonds is 4. The van der Waals surface area contributed by atoms with E-state index in [0.29, 0.717) is 24.6 Å². The molecule has 0 bridgehead atoms. The van der Waals surface area contributed by atoms with Crippen molar-refractivity contribution in [3.8, 4) is 11.4 Å². The Hall–Kier alpha value is -3.22. The number of para-hydroxylation sites is 2. The Bertz CT molecular complexity index is 955. The molecule has 3 heterocycles. The van der Waals surface area contributed by atoms with E-state index in [1.54, 1.807) is 0 Å². The number of ether oxygens (including phenoxy) is 2. The number of nitrogens with zero attached hydrogens (tertiary/aromatic N) is 4. The maximum Gasteiger partial charge on any atom is 0.261 e. The summed E-state index contributed by atoms with van der Waals surface area (Å²) < 4.78 is 15.7. The summed E-state index contributed by atoms with van der Waals surface area (Å²) in [6.45, 7) is 0.993. The first-order valence-electron chi connectivity index (χ1n) is 8.86. The summed E-state index contributed by atoms with van der Waals surface area (Å²) in [5.41, 5.74) is 3.32. The molecular formula is C21H18N4O2. The molecule has 27 heavy (non-hydrogen) atoms. The first kappa shape index (κ1) is 16.0. The Morgan fingerprint density at radius 3 is 1.52 bits per heavy atom. The summed E-state index contributed by atoms with van der Waals surface area (Å²) in [6, 6.07) is 23.7. The summed E-state index contributed by atoms with van der Waals surface area (Å²) in [4.78, 5) is 0. The van der Waals surface area contributed by atoms with Gasteiger partial charge in [-0.15, -0.1) is 0 Å². The fraction of sp³-hybridized carbons (Fsp3) is 0.143. The lowest BCUT2D eigenvalue weighted by atomic mass is 10.1. The minimum absolute atomic E-state index is 0.496. The van der Waals surface area contributed by atoms with Crippen LogP contribution in [0.3, 0.4) is 0 Å². The van der Waals surface area contributed by atoms with Crippen molar-refractivity contribution >= 4 is 0 Å². The van der Waals surface area contributed by atoms with Crippen LogP contribution in [0, 0.1) is 0 Å². The molecule has 1 aliphatic heterocycles. The third-order valence-electron chi connectivity index (χ3n) is 4.59. The zero-order chi connectivity index (χ0) is 18.1. The van der Waals surface area contributed by atoms with Gasteiger partial charge in [0.1, 0.15) is 11.4 Å². The van der Waals surface area contributed by atoms with Crippen LogP contribution in [0.5, 0.6) is 0 Å². The van der Waals surface area contributed by atoms with E-state index in [2.05, 4.69) is 0 Å². The molecule has 5 rings (SSSR count). The lowest BCUT2D eigenvalue weighted by molar-refractivity contribution is -0.136. The Balaban J connectivity index is 1.54. The molecule has 0 atom stereocenters. The van der Waals surface area contributed by atoms with Crippen LogP contribution in [0.4, 0.5) is 0 Å². The second-order valence-electron chi connectivity index (χ2n) is 6.28. The molecule has 2 aromatic heterocycles. The summed E-state index contributed by atoms with van der Waals surface area (Å²) in [5, 5.41) is 9.42. The zero-order valence-electron chi connectivity index (χ0n) is 14.6. The topological polar surface area (TPSA) is 54.1 Å². The van der Waals surface area contributed by atoms with Gasteiger partial charge in [-0.1, -0.05) is 36.4 Å². The predicted molar refractivity (Wildman–Crippen MR) is 99.8 cm³/mol. The van der Waals surface area contributed by atoms with Gasteiger partial charge < -0.3 is 9.47 Å². The summed E-state index contributed by atoms with van der Waals surface area (Å²) >= 11 is 0. The fourth-order valence-corrected chi connectivity index (χ4v) is 3.29. The molecule has 134 valence electrons. The monoisotopic (exact) mass is 358 g/mol. The largest absolute Gasteiger partial charge is 0.337 e. The van der Waals surface area contributed by atoms with Crippen LogP contribution in [0.15, 0.2) is 85.2 Å². The second-order valence-corrected chi connectivity index (χ2v) is 6.28. The van der Waals surface area contributed by atoms with Gasteiger partial charge in [-0.3, -0.25) is 0 Å². The van der Waals surface area contributed by atoms with Gasteiger partial charge >= 0.3 is 0 Å². The highest BCUT2D eigenvalue weighted by Crippen LogP contribution is 2.36. The van der Waals surface area contributed by atoms with Gasteiger partial charge in [-0.05, 0) is 36.4 Å². The van der Waals surface area contributed by atoms with Crippen LogP contribution in [0.2, 0.25) is 0 Å². The lowest BCUT2D eigenvalue weighted by Gasteiger charge is -2.23. The molecule has 0 aliphatic carbocycles. The smallest absolute Gasteiger partial charge is 0.261 e. The predicted octanol–water partition coefficient (Wildman–Crippen LogP) is 3.31. The number of hydrogen-bond acceptors (Lipinski definition) is 4. The molecule has 6 nitrogen and oxygen atoms in total. The van der Waals surface area contributed by atoms with E-state index >= 15 is 0 Å². The molecule has 1 fully saturated rings. The summed E-state index contributed by atoms with van der Waals surface area (Å²) in [6.07, 6.45) is 3.82. The molecule has 0 saturated carbocycles. The normalized spacial score (nSPS) is 15.9. The van der Waals surface area contributed by atoms with Crippen LogP contribution in [-0.4, -0.2) is 32.8 Å². The zero-order valence-corrected chi connectivity index (χ0v) is 14.6. The molecule has 0 unspecified atom stereocenters. The Kier molecular flexibility index (Phi) is 3.85. The van der Waals surface area contributed by atoms with Gasteiger partial charge in [0.2, 0.25) is 0 Å². The molecule has 0 spiro atoms. The third kappa shape index (κ3) is 2.75. The molecular weight excluding hydrogens is 340 g/mol. The van der Waals surface area contributed by atoms with Crippen molar-refractivity contribution in [1.29, 1.82) is 0 Å². The van der Waals surface area contributed by atoms with Crippen LogP contribution >= 0.6 is 0 Å². The quantitative estimate of drug-likeness (QED) is 0.562. The van der Waals surface area contributed by atoms with E-state index in [1.807, 2.05) is 94.6 Å². The highest BCUT2D eigenvalue weighted by molar-refractivity contribution is 5.34. The SMILES string of the molecule is c1ccc(-n2ccc(C3(c4ccn(-c5ccccc5)n4)OCCO3)n2)cc1. The van der Waals surface area contributed by atoms with E-state index in [4.69, 9.17) is 19.7 Å². The molecule has 6 heteroatoms. The van der Waals surface area contributed by atoms with Crippen molar-refractivity contribution in [2.45, 2.75) is 5.79 Å². The Morgan fingerprint density at radius 1 is 0.630 bits per heavy atom. The van der Waals surface area contributed by atoms with Crippen molar-refractivity contribution in [1.82, 2.24) is 19.6 Å². The van der Waals surface area contributed by atoms with Crippen LogP contribution < -0.4 is 0 Å². The minimum atomic E-state index is -1.08. The molecule has 1 saturated heterocycles. The van der Waals surface area contributed by atoms with Crippen molar-refractivity contribution < 1.29 is 9.47 Å². The molecule has 0 radical (unpaired) electrons. The van der Waals surface area contributed by atoms with Crippen LogP contribution in [-0.2, 0) is 15.3 Å². The third-order valence-corrected chi connectivity index (χ3v) is 4.59. The van der Waals surface area contributed by atoms with E-state index in [-0.39, 0.29) is 0 Å². The van der Waals surface area contributed by atoms with Gasteiger partial charge in [0.05, 0.1) is 24.6 Å². The molecule has 0 N–H and O–H groups in total. The number of benzene rings is 2. The molecule has 4 aromatic rings. The Morgan fingerprint density at radius 2 is 1.07 bits per heavy atom. The van der Waals surface area contributed by atoms with Gasteiger partial charge in [0.15, 0.2) is 0 Å². The van der Waals surface area contributed by atoms with Crippen molar-refractivity contribution in [3.63, 3.8) is 0 Å². The molecule has 0 amide bonds. The highest BCUT2D eigenvalue weighted by atomic mass is 16.7.